The predicted octanol–water partition coefficient (Wildman–Crippen LogP) is 2.81. The molecule has 8 heteroatoms. The van der Waals surface area contributed by atoms with Crippen molar-refractivity contribution in [2.45, 2.75) is 28.9 Å². The molecule has 2 aliphatic rings. The van der Waals surface area contributed by atoms with E-state index in [-0.39, 0.29) is 6.61 Å². The monoisotopic (exact) mass is 449 g/mol. The summed E-state index contributed by atoms with van der Waals surface area (Å²) >= 11 is 1.78. The van der Waals surface area contributed by atoms with Gasteiger partial charge in [0.25, 0.3) is 0 Å². The summed E-state index contributed by atoms with van der Waals surface area (Å²) in [6.45, 7) is 3.21. The van der Waals surface area contributed by atoms with Crippen molar-refractivity contribution in [2.75, 3.05) is 43.5 Å². The van der Waals surface area contributed by atoms with Gasteiger partial charge in [0.2, 0.25) is 0 Å². The van der Waals surface area contributed by atoms with Crippen LogP contribution in [0.3, 0.4) is 0 Å². The molecule has 166 valence electrons. The van der Waals surface area contributed by atoms with Gasteiger partial charge in [-0.3, -0.25) is 0 Å². The van der Waals surface area contributed by atoms with Crippen molar-refractivity contribution < 1.29 is 9.84 Å². The van der Waals surface area contributed by atoms with Crippen LogP contribution in [0.2, 0.25) is 0 Å². The van der Waals surface area contributed by atoms with E-state index < -0.39 is 4.75 Å². The number of nitrogen functional groups attached to an aromatic ring is 1. The minimum Gasteiger partial charge on any atom is -0.396 e. The number of thioether (sulfide) groups is 1. The van der Waals surface area contributed by atoms with Gasteiger partial charge in [-0.05, 0) is 30.0 Å². The number of hydrogen-bond donors (Lipinski definition) is 2. The first-order valence-corrected chi connectivity index (χ1v) is 11.8. The number of anilines is 2. The minimum atomic E-state index is -0.455. The first kappa shape index (κ1) is 21.2. The topological polar surface area (TPSA) is 97.4 Å². The largest absolute Gasteiger partial charge is 0.396 e. The Balaban J connectivity index is 1.66. The molecule has 0 aliphatic carbocycles. The number of nitrogens with zero attached hydrogens (tertiary/aromatic N) is 4. The minimum absolute atomic E-state index is 0.163. The zero-order valence-corrected chi connectivity index (χ0v) is 18.7. The predicted molar refractivity (Wildman–Crippen MR) is 126 cm³/mol. The van der Waals surface area contributed by atoms with Gasteiger partial charge in [-0.25, -0.2) is 15.0 Å². The summed E-state index contributed by atoms with van der Waals surface area (Å²) in [6.07, 6.45) is 5.62. The third-order valence-corrected chi connectivity index (χ3v) is 7.75. The molecular weight excluding hydrogens is 422 g/mol. The second kappa shape index (κ2) is 9.05. The second-order valence-corrected chi connectivity index (χ2v) is 9.41. The van der Waals surface area contributed by atoms with Crippen molar-refractivity contribution in [2.24, 2.45) is 0 Å². The summed E-state index contributed by atoms with van der Waals surface area (Å²) in [5, 5.41) is 9.46. The molecule has 1 fully saturated rings. The quantitative estimate of drug-likeness (QED) is 0.593. The van der Waals surface area contributed by atoms with Crippen LogP contribution in [0.25, 0.3) is 0 Å². The molecule has 2 aliphatic heterocycles. The number of benzene rings is 1. The van der Waals surface area contributed by atoms with Gasteiger partial charge in [0, 0.05) is 37.9 Å². The molecule has 3 N–H and O–H groups in total. The van der Waals surface area contributed by atoms with Crippen molar-refractivity contribution in [3.8, 4) is 0 Å². The van der Waals surface area contributed by atoms with Gasteiger partial charge in [0.15, 0.2) is 0 Å². The summed E-state index contributed by atoms with van der Waals surface area (Å²) in [5.74, 6) is 1.51. The van der Waals surface area contributed by atoms with Gasteiger partial charge in [-0.1, -0.05) is 30.3 Å². The number of ether oxygens (including phenoxy) is 1. The zero-order valence-electron chi connectivity index (χ0n) is 17.9. The van der Waals surface area contributed by atoms with Gasteiger partial charge in [-0.15, -0.1) is 11.8 Å². The molecule has 0 radical (unpaired) electrons. The molecular formula is C24H27N5O2S. The molecule has 1 saturated heterocycles. The van der Waals surface area contributed by atoms with E-state index in [1.54, 1.807) is 24.3 Å². The van der Waals surface area contributed by atoms with Crippen LogP contribution in [0.15, 0.2) is 53.8 Å². The molecule has 7 nitrogen and oxygen atoms in total. The van der Waals surface area contributed by atoms with Crippen LogP contribution in [0.5, 0.6) is 0 Å². The summed E-state index contributed by atoms with van der Waals surface area (Å²) in [4.78, 5) is 17.2. The fourth-order valence-electron chi connectivity index (χ4n) is 4.68. The number of aromatic nitrogens is 3. The van der Waals surface area contributed by atoms with Crippen molar-refractivity contribution in [3.63, 3.8) is 0 Å². The second-order valence-electron chi connectivity index (χ2n) is 8.10. The van der Waals surface area contributed by atoms with Crippen molar-refractivity contribution in [3.05, 3.63) is 71.3 Å². The maximum Gasteiger partial charge on any atom is 0.146 e. The molecule has 1 unspecified atom stereocenters. The van der Waals surface area contributed by atoms with E-state index >= 15 is 0 Å². The van der Waals surface area contributed by atoms with E-state index in [1.165, 1.54) is 11.1 Å². The van der Waals surface area contributed by atoms with Crippen LogP contribution in [0, 0.1) is 0 Å². The highest BCUT2D eigenvalue weighted by Crippen LogP contribution is 2.58. The van der Waals surface area contributed by atoms with Crippen molar-refractivity contribution >= 4 is 23.4 Å². The lowest BCUT2D eigenvalue weighted by Crippen LogP contribution is -2.37. The van der Waals surface area contributed by atoms with E-state index in [4.69, 9.17) is 15.5 Å². The molecule has 2 aromatic heterocycles. The number of aliphatic hydroxyl groups is 1. The fraction of sp³-hybridized carbons (Fsp3) is 0.375. The first-order chi connectivity index (χ1) is 15.7. The molecule has 0 saturated carbocycles. The molecule has 1 atom stereocenters. The van der Waals surface area contributed by atoms with Crippen LogP contribution in [-0.4, -0.2) is 53.0 Å². The fourth-order valence-corrected chi connectivity index (χ4v) is 6.35. The third kappa shape index (κ3) is 3.72. The maximum atomic E-state index is 9.46. The van der Waals surface area contributed by atoms with E-state index in [2.05, 4.69) is 45.2 Å². The number of pyridine rings is 1. The van der Waals surface area contributed by atoms with Gasteiger partial charge >= 0.3 is 0 Å². The summed E-state index contributed by atoms with van der Waals surface area (Å²) in [6, 6.07) is 12.5. The molecule has 5 rings (SSSR count). The summed E-state index contributed by atoms with van der Waals surface area (Å²) in [7, 11) is 0. The molecule has 3 aromatic rings. The highest BCUT2D eigenvalue weighted by atomic mass is 32.2. The van der Waals surface area contributed by atoms with Crippen LogP contribution in [0.4, 0.5) is 11.6 Å². The van der Waals surface area contributed by atoms with Crippen LogP contribution >= 0.6 is 11.8 Å². The number of aliphatic hydroxyl groups excluding tert-OH is 1. The van der Waals surface area contributed by atoms with Gasteiger partial charge < -0.3 is 20.5 Å². The third-order valence-electron chi connectivity index (χ3n) is 6.19. The van der Waals surface area contributed by atoms with E-state index in [0.29, 0.717) is 31.9 Å². The number of fused-ring (bicyclic) bond motifs is 1. The zero-order chi connectivity index (χ0) is 22.0. The number of aryl methyl sites for hydroxylation is 1. The Bertz CT molecular complexity index is 1110. The van der Waals surface area contributed by atoms with Crippen molar-refractivity contribution in [1.82, 2.24) is 15.0 Å². The lowest BCUT2D eigenvalue weighted by Gasteiger charge is -2.33. The molecule has 0 amide bonds. The molecule has 32 heavy (non-hydrogen) atoms. The average molecular weight is 450 g/mol. The van der Waals surface area contributed by atoms with E-state index in [9.17, 15) is 5.11 Å². The smallest absolute Gasteiger partial charge is 0.146 e. The standard InChI is InChI=1S/C24H27N5O2S/c25-22-19(8-3-9-26-22)24(18-7-2-1-5-17(18)6-4-12-30)15-20-21(32-24)23(28-16-27-20)29-10-13-31-14-11-29/h1-3,5,7-9,16,30H,4,6,10-15H2,(H2,25,26). The molecule has 1 aromatic carbocycles. The Morgan fingerprint density at radius 3 is 2.69 bits per heavy atom. The van der Waals surface area contributed by atoms with Crippen molar-refractivity contribution in [1.29, 1.82) is 0 Å². The van der Waals surface area contributed by atoms with Crippen LogP contribution < -0.4 is 10.6 Å². The number of nitrogens with two attached hydrogens (primary N) is 1. The summed E-state index contributed by atoms with van der Waals surface area (Å²) < 4.78 is 5.10. The molecule has 4 heterocycles. The van der Waals surface area contributed by atoms with Crippen LogP contribution in [-0.2, 0) is 22.3 Å². The Labute approximate surface area is 192 Å². The Kier molecular flexibility index (Phi) is 5.99. The average Bonchev–Trinajstić information content (AvgIpc) is 3.24. The maximum absolute atomic E-state index is 9.46. The van der Waals surface area contributed by atoms with E-state index in [1.807, 2.05) is 6.07 Å². The lowest BCUT2D eigenvalue weighted by atomic mass is 9.83. The van der Waals surface area contributed by atoms with Gasteiger partial charge in [-0.2, -0.15) is 0 Å². The normalized spacial score (nSPS) is 20.3. The first-order valence-electron chi connectivity index (χ1n) is 11.0. The Hall–Kier alpha value is -2.68. The van der Waals surface area contributed by atoms with Gasteiger partial charge in [0.1, 0.15) is 18.0 Å². The Morgan fingerprint density at radius 1 is 1.06 bits per heavy atom. The highest BCUT2D eigenvalue weighted by molar-refractivity contribution is 8.01. The van der Waals surface area contributed by atoms with Gasteiger partial charge in [0.05, 0.1) is 28.6 Å². The summed E-state index contributed by atoms with van der Waals surface area (Å²) in [5.41, 5.74) is 10.9. The van der Waals surface area contributed by atoms with E-state index in [0.717, 1.165) is 41.5 Å². The van der Waals surface area contributed by atoms with Crippen LogP contribution in [0.1, 0.15) is 28.8 Å². The number of morpholine rings is 1. The Morgan fingerprint density at radius 2 is 1.88 bits per heavy atom. The molecule has 0 bridgehead atoms. The number of hydrogen-bond acceptors (Lipinski definition) is 8. The highest BCUT2D eigenvalue weighted by Gasteiger charge is 2.46. The number of rotatable bonds is 6. The SMILES string of the molecule is Nc1ncccc1C1(c2ccccc2CCCO)Cc2ncnc(N3CCOCC3)c2S1. The molecule has 0 spiro atoms. The lowest BCUT2D eigenvalue weighted by molar-refractivity contribution is 0.122.